The van der Waals surface area contributed by atoms with Gasteiger partial charge in [-0.15, -0.1) is 0 Å². The first-order valence-electron chi connectivity index (χ1n) is 1.93. The second-order valence-corrected chi connectivity index (χ2v) is 1.00. The van der Waals surface area contributed by atoms with E-state index < -0.39 is 11.9 Å². The van der Waals surface area contributed by atoms with E-state index in [1.807, 2.05) is 0 Å². The molecule has 10 heavy (non-hydrogen) atoms. The van der Waals surface area contributed by atoms with Crippen LogP contribution in [0.4, 0.5) is 0 Å². The van der Waals surface area contributed by atoms with Gasteiger partial charge in [-0.05, 0) is 0 Å². The molecule has 0 aliphatic heterocycles. The van der Waals surface area contributed by atoms with E-state index >= 15 is 0 Å². The van der Waals surface area contributed by atoms with Gasteiger partial charge < -0.3 is 17.0 Å². The molecule has 0 bridgehead atoms. The molecule has 0 aromatic rings. The van der Waals surface area contributed by atoms with Gasteiger partial charge in [-0.3, -0.25) is 4.79 Å². The van der Waals surface area contributed by atoms with E-state index in [0.717, 1.165) is 6.92 Å². The van der Waals surface area contributed by atoms with Crippen molar-refractivity contribution in [2.75, 3.05) is 0 Å². The third-order valence-corrected chi connectivity index (χ3v) is 0.123. The van der Waals surface area contributed by atoms with E-state index in [-0.39, 0.29) is 52.8 Å². The number of aliphatic carboxylic acids is 2. The van der Waals surface area contributed by atoms with Crippen LogP contribution in [0.3, 0.4) is 0 Å². The minimum atomic E-state index is -1.20. The van der Waals surface area contributed by atoms with Gasteiger partial charge in [-0.25, -0.2) is 4.79 Å². The van der Waals surface area contributed by atoms with Crippen molar-refractivity contribution in [3.05, 3.63) is 0 Å². The Bertz CT molecular complexity index is 125. The van der Waals surface area contributed by atoms with Crippen molar-refractivity contribution in [3.8, 4) is 0 Å². The largest absolute Gasteiger partial charge is 1.00 e. The molecule has 0 unspecified atom stereocenters. The minimum Gasteiger partial charge on any atom is -1.00 e. The summed E-state index contributed by atoms with van der Waals surface area (Å²) in [6.45, 7) is 1.08. The Hall–Kier alpha value is 0.246. The van der Waals surface area contributed by atoms with Crippen molar-refractivity contribution < 1.29 is 72.6 Å². The van der Waals surface area contributed by atoms with Crippen molar-refractivity contribution >= 4 is 18.2 Å². The van der Waals surface area contributed by atoms with E-state index in [1.54, 1.807) is 0 Å². The van der Waals surface area contributed by atoms with E-state index in [4.69, 9.17) is 25.2 Å². The van der Waals surface area contributed by atoms with Crippen molar-refractivity contribution in [2.24, 2.45) is 0 Å². The summed E-state index contributed by atoms with van der Waals surface area (Å²) in [6, 6.07) is 0. The molecule has 0 radical (unpaired) electrons. The first-order valence-corrected chi connectivity index (χ1v) is 1.93. The van der Waals surface area contributed by atoms with Gasteiger partial charge in [0.05, 0.1) is 0 Å². The molecular weight excluding hydrogens is 165 g/mol. The zero-order chi connectivity index (χ0) is 7.86. The van der Waals surface area contributed by atoms with Gasteiger partial charge in [0.15, 0.2) is 0 Å². The molecule has 0 heterocycles. The van der Waals surface area contributed by atoms with Crippen LogP contribution in [0, 0.1) is 5.41 Å². The Morgan fingerprint density at radius 3 is 1.60 bits per heavy atom. The van der Waals surface area contributed by atoms with Crippen LogP contribution < -0.4 is 51.4 Å². The smallest absolute Gasteiger partial charge is 1.00 e. The quantitative estimate of drug-likeness (QED) is 0.289. The monoisotopic (exact) mass is 173 g/mol. The van der Waals surface area contributed by atoms with Gasteiger partial charge in [0.1, 0.15) is 6.21 Å². The van der Waals surface area contributed by atoms with Crippen LogP contribution in [0.5, 0.6) is 0 Å². The molecule has 0 aromatic heterocycles. The van der Waals surface area contributed by atoms with Gasteiger partial charge in [0.2, 0.25) is 0 Å². The Kier molecular flexibility index (Phi) is 20.0. The van der Waals surface area contributed by atoms with Gasteiger partial charge in [-0.2, -0.15) is 0 Å². The fraction of sp³-hybridized carbons (Fsp3) is 0.250. The summed E-state index contributed by atoms with van der Waals surface area (Å²) >= 11 is 0. The Balaban J connectivity index is -0.0000000383. The number of carbonyl (C=O) groups is 2. The molecule has 0 rings (SSSR count). The zero-order valence-electron chi connectivity index (χ0n) is 6.79. The molecule has 0 saturated heterocycles. The summed E-state index contributed by atoms with van der Waals surface area (Å²) in [4.78, 5) is 18.1. The first kappa shape index (κ1) is 16.7. The second kappa shape index (κ2) is 12.0. The number of nitrogens with one attached hydrogen (secondary N) is 1. The van der Waals surface area contributed by atoms with Gasteiger partial charge in [0.25, 0.3) is 5.97 Å². The molecule has 0 aliphatic rings. The average molecular weight is 173 g/mol. The standard InChI is InChI=1S/C2H3NO2.C2H4O2.K.H/c3-1-2(4)5;1-2(3)4;;/h1,3H,(H,4,5);1H3,(H,3,4);;/q;;+1;-1. The van der Waals surface area contributed by atoms with Gasteiger partial charge in [-0.1, -0.05) is 0 Å². The Morgan fingerprint density at radius 1 is 1.50 bits per heavy atom. The maximum absolute atomic E-state index is 9.12. The Morgan fingerprint density at radius 2 is 1.60 bits per heavy atom. The number of carboxylic acid groups (broad SMARTS) is 2. The summed E-state index contributed by atoms with van der Waals surface area (Å²) < 4.78 is 0. The third kappa shape index (κ3) is 85.8. The van der Waals surface area contributed by atoms with Crippen LogP contribution in [0.2, 0.25) is 0 Å². The van der Waals surface area contributed by atoms with Crippen LogP contribution in [-0.4, -0.2) is 28.4 Å². The first-order chi connectivity index (χ1) is 4.00. The minimum absolute atomic E-state index is 0. The molecule has 0 spiro atoms. The molecular formula is C4H8KNO4. The number of hydrogen-bond acceptors (Lipinski definition) is 3. The molecule has 0 atom stereocenters. The van der Waals surface area contributed by atoms with Crippen molar-refractivity contribution in [3.63, 3.8) is 0 Å². The summed E-state index contributed by atoms with van der Waals surface area (Å²) in [5.74, 6) is -2.04. The van der Waals surface area contributed by atoms with Crippen molar-refractivity contribution in [2.45, 2.75) is 6.92 Å². The molecule has 54 valence electrons. The molecule has 0 aromatic carbocycles. The maximum Gasteiger partial charge on any atom is 1.00 e. The molecule has 5 nitrogen and oxygen atoms in total. The molecule has 0 saturated carbocycles. The summed E-state index contributed by atoms with van der Waals surface area (Å²) in [5.41, 5.74) is 0. The van der Waals surface area contributed by atoms with Crippen LogP contribution in [0.1, 0.15) is 8.35 Å². The average Bonchev–Trinajstić information content (AvgIpc) is 1.65. The molecule has 0 fully saturated rings. The van der Waals surface area contributed by atoms with Crippen LogP contribution in [0.15, 0.2) is 0 Å². The van der Waals surface area contributed by atoms with Gasteiger partial charge in [0, 0.05) is 6.92 Å². The molecule has 0 aliphatic carbocycles. The maximum atomic E-state index is 9.12. The summed E-state index contributed by atoms with van der Waals surface area (Å²) in [5, 5.41) is 20.8. The molecule has 6 heteroatoms. The SMILES string of the molecule is CC(=O)O.N=CC(=O)O.[H-].[K+]. The van der Waals surface area contributed by atoms with E-state index in [2.05, 4.69) is 0 Å². The topological polar surface area (TPSA) is 98.5 Å². The Labute approximate surface area is 102 Å². The normalized spacial score (nSPS) is 5.70. The summed E-state index contributed by atoms with van der Waals surface area (Å²) in [7, 11) is 0. The fourth-order valence-corrected chi connectivity index (χ4v) is 0. The molecule has 3 N–H and O–H groups in total. The van der Waals surface area contributed by atoms with Crippen molar-refractivity contribution in [1.82, 2.24) is 0 Å². The van der Waals surface area contributed by atoms with E-state index in [1.165, 1.54) is 0 Å². The van der Waals surface area contributed by atoms with E-state index in [0.29, 0.717) is 6.21 Å². The summed E-state index contributed by atoms with van der Waals surface area (Å²) in [6.07, 6.45) is 0.333. The fourth-order valence-electron chi connectivity index (χ4n) is 0. The number of carboxylic acids is 2. The predicted octanol–water partition coefficient (Wildman–Crippen LogP) is -3.07. The van der Waals surface area contributed by atoms with Crippen LogP contribution >= 0.6 is 0 Å². The molecule has 0 amide bonds. The number of rotatable bonds is 1. The zero-order valence-corrected chi connectivity index (χ0v) is 8.91. The van der Waals surface area contributed by atoms with Crippen LogP contribution in [0.25, 0.3) is 0 Å². The predicted molar refractivity (Wildman–Crippen MR) is 30.8 cm³/mol. The third-order valence-electron chi connectivity index (χ3n) is 0.123. The van der Waals surface area contributed by atoms with Crippen molar-refractivity contribution in [1.29, 1.82) is 5.41 Å². The number of hydrogen-bond donors (Lipinski definition) is 3. The van der Waals surface area contributed by atoms with Gasteiger partial charge >= 0.3 is 57.4 Å². The van der Waals surface area contributed by atoms with E-state index in [9.17, 15) is 0 Å². The van der Waals surface area contributed by atoms with Crippen LogP contribution in [-0.2, 0) is 9.59 Å². The second-order valence-electron chi connectivity index (χ2n) is 1.00.